The highest BCUT2D eigenvalue weighted by Gasteiger charge is 2.16. The number of phenolic OH excluding ortho intramolecular Hbond substituents is 1. The second-order valence-corrected chi connectivity index (χ2v) is 3.60. The van der Waals surface area contributed by atoms with Crippen LogP contribution in [0.25, 0.3) is 0 Å². The van der Waals surface area contributed by atoms with Crippen molar-refractivity contribution < 1.29 is 14.9 Å². The molecule has 1 atom stereocenters. The Hall–Kier alpha value is -0.780. The molecule has 14 heavy (non-hydrogen) atoms. The number of phenols is 1. The standard InChI is InChI=1S/C9H12BrNO3/c1-14-9-5(6(11)4-12)2-3-7(13)8(9)10/h2-3,6,12-13H,4,11H2,1H3. The molecule has 1 unspecified atom stereocenters. The maximum Gasteiger partial charge on any atom is 0.141 e. The number of rotatable bonds is 3. The number of benzene rings is 1. The van der Waals surface area contributed by atoms with Gasteiger partial charge in [0, 0.05) is 5.56 Å². The van der Waals surface area contributed by atoms with Gasteiger partial charge in [-0.3, -0.25) is 0 Å². The van der Waals surface area contributed by atoms with Crippen LogP contribution in [0, 0.1) is 0 Å². The van der Waals surface area contributed by atoms with E-state index in [1.165, 1.54) is 13.2 Å². The highest BCUT2D eigenvalue weighted by atomic mass is 79.9. The van der Waals surface area contributed by atoms with Gasteiger partial charge in [-0.05, 0) is 28.1 Å². The molecule has 1 aromatic carbocycles. The molecule has 0 radical (unpaired) electrons. The molecular weight excluding hydrogens is 250 g/mol. The van der Waals surface area contributed by atoms with Gasteiger partial charge in [-0.1, -0.05) is 0 Å². The van der Waals surface area contributed by atoms with Crippen LogP contribution in [0.4, 0.5) is 0 Å². The fourth-order valence-corrected chi connectivity index (χ4v) is 1.68. The molecular formula is C9H12BrNO3. The Morgan fingerprint density at radius 1 is 1.57 bits per heavy atom. The van der Waals surface area contributed by atoms with Crippen LogP contribution in [0.5, 0.6) is 11.5 Å². The lowest BCUT2D eigenvalue weighted by Crippen LogP contribution is -2.15. The zero-order valence-electron chi connectivity index (χ0n) is 7.70. The van der Waals surface area contributed by atoms with Gasteiger partial charge in [0.15, 0.2) is 0 Å². The maximum atomic E-state index is 9.38. The van der Waals surface area contributed by atoms with Crippen molar-refractivity contribution in [3.63, 3.8) is 0 Å². The lowest BCUT2D eigenvalue weighted by Gasteiger charge is -2.15. The lowest BCUT2D eigenvalue weighted by atomic mass is 10.1. The van der Waals surface area contributed by atoms with Crippen molar-refractivity contribution in [3.05, 3.63) is 22.2 Å². The molecule has 1 rings (SSSR count). The fraction of sp³-hybridized carbons (Fsp3) is 0.333. The number of aliphatic hydroxyl groups excluding tert-OH is 1. The number of aromatic hydroxyl groups is 1. The average Bonchev–Trinajstić information content (AvgIpc) is 2.20. The van der Waals surface area contributed by atoms with Gasteiger partial charge in [0.25, 0.3) is 0 Å². The topological polar surface area (TPSA) is 75.7 Å². The van der Waals surface area contributed by atoms with Crippen LogP contribution < -0.4 is 10.5 Å². The van der Waals surface area contributed by atoms with E-state index in [-0.39, 0.29) is 12.4 Å². The summed E-state index contributed by atoms with van der Waals surface area (Å²) in [6, 6.07) is 2.61. The predicted molar refractivity (Wildman–Crippen MR) is 56.4 cm³/mol. The number of ether oxygens (including phenoxy) is 1. The Labute approximate surface area is 90.4 Å². The Bertz CT molecular complexity index is 330. The first-order valence-electron chi connectivity index (χ1n) is 4.03. The third kappa shape index (κ3) is 2.00. The quantitative estimate of drug-likeness (QED) is 0.763. The van der Waals surface area contributed by atoms with Crippen molar-refractivity contribution in [2.75, 3.05) is 13.7 Å². The summed E-state index contributed by atoms with van der Waals surface area (Å²) in [5.41, 5.74) is 6.31. The molecule has 0 aliphatic carbocycles. The molecule has 0 spiro atoms. The number of methoxy groups -OCH3 is 1. The minimum atomic E-state index is -0.512. The van der Waals surface area contributed by atoms with Gasteiger partial charge in [0.2, 0.25) is 0 Å². The van der Waals surface area contributed by atoms with E-state index in [2.05, 4.69) is 15.9 Å². The number of hydrogen-bond acceptors (Lipinski definition) is 4. The molecule has 0 bridgehead atoms. The van der Waals surface area contributed by atoms with E-state index in [0.717, 1.165) is 0 Å². The van der Waals surface area contributed by atoms with Gasteiger partial charge in [-0.15, -0.1) is 0 Å². The van der Waals surface area contributed by atoms with E-state index in [9.17, 15) is 5.11 Å². The molecule has 0 saturated heterocycles. The molecule has 4 nitrogen and oxygen atoms in total. The van der Waals surface area contributed by atoms with Crippen LogP contribution in [0.2, 0.25) is 0 Å². The molecule has 5 heteroatoms. The smallest absolute Gasteiger partial charge is 0.141 e. The molecule has 0 aliphatic rings. The molecule has 0 aliphatic heterocycles. The van der Waals surface area contributed by atoms with Crippen LogP contribution in [0.1, 0.15) is 11.6 Å². The van der Waals surface area contributed by atoms with Crippen molar-refractivity contribution in [1.29, 1.82) is 0 Å². The first-order valence-corrected chi connectivity index (χ1v) is 4.83. The summed E-state index contributed by atoms with van der Waals surface area (Å²) in [6.07, 6.45) is 0. The number of aliphatic hydroxyl groups is 1. The molecule has 78 valence electrons. The van der Waals surface area contributed by atoms with E-state index in [4.69, 9.17) is 15.6 Å². The fourth-order valence-electron chi connectivity index (χ4n) is 1.16. The third-order valence-electron chi connectivity index (χ3n) is 1.91. The molecule has 0 aromatic heterocycles. The second-order valence-electron chi connectivity index (χ2n) is 2.81. The van der Waals surface area contributed by atoms with Crippen LogP contribution in [-0.4, -0.2) is 23.9 Å². The van der Waals surface area contributed by atoms with E-state index in [1.54, 1.807) is 6.07 Å². The third-order valence-corrected chi connectivity index (χ3v) is 2.67. The van der Waals surface area contributed by atoms with E-state index in [0.29, 0.717) is 15.8 Å². The molecule has 0 heterocycles. The summed E-state index contributed by atoms with van der Waals surface area (Å²) in [6.45, 7) is -0.173. The normalized spacial score (nSPS) is 12.6. The van der Waals surface area contributed by atoms with Crippen LogP contribution in [0.15, 0.2) is 16.6 Å². The monoisotopic (exact) mass is 261 g/mol. The number of halogens is 1. The molecule has 4 N–H and O–H groups in total. The first-order chi connectivity index (χ1) is 6.61. The van der Waals surface area contributed by atoms with Gasteiger partial charge in [0.1, 0.15) is 16.0 Å². The Balaban J connectivity index is 3.23. The van der Waals surface area contributed by atoms with Crippen LogP contribution in [-0.2, 0) is 0 Å². The van der Waals surface area contributed by atoms with Crippen molar-refractivity contribution in [2.24, 2.45) is 5.73 Å². The highest BCUT2D eigenvalue weighted by Crippen LogP contribution is 2.38. The van der Waals surface area contributed by atoms with E-state index < -0.39 is 6.04 Å². The van der Waals surface area contributed by atoms with Gasteiger partial charge in [0.05, 0.1) is 19.8 Å². The van der Waals surface area contributed by atoms with Crippen molar-refractivity contribution in [3.8, 4) is 11.5 Å². The number of hydrogen-bond donors (Lipinski definition) is 3. The molecule has 1 aromatic rings. The maximum absolute atomic E-state index is 9.38. The van der Waals surface area contributed by atoms with Crippen molar-refractivity contribution >= 4 is 15.9 Å². The zero-order valence-corrected chi connectivity index (χ0v) is 9.28. The van der Waals surface area contributed by atoms with Gasteiger partial charge in [-0.25, -0.2) is 0 Å². The Kier molecular flexibility index (Phi) is 3.74. The summed E-state index contributed by atoms with van der Waals surface area (Å²) in [4.78, 5) is 0. The minimum absolute atomic E-state index is 0.0794. The molecule has 0 saturated carbocycles. The first kappa shape index (κ1) is 11.3. The Morgan fingerprint density at radius 3 is 2.71 bits per heavy atom. The summed E-state index contributed by atoms with van der Waals surface area (Å²) < 4.78 is 5.53. The van der Waals surface area contributed by atoms with Gasteiger partial charge >= 0.3 is 0 Å². The zero-order chi connectivity index (χ0) is 10.7. The second kappa shape index (κ2) is 4.63. The van der Waals surface area contributed by atoms with Crippen LogP contribution >= 0.6 is 15.9 Å². The van der Waals surface area contributed by atoms with Gasteiger partial charge < -0.3 is 20.7 Å². The number of nitrogens with two attached hydrogens (primary N) is 1. The van der Waals surface area contributed by atoms with E-state index in [1.807, 2.05) is 0 Å². The lowest BCUT2D eigenvalue weighted by molar-refractivity contribution is 0.264. The highest BCUT2D eigenvalue weighted by molar-refractivity contribution is 9.10. The minimum Gasteiger partial charge on any atom is -0.507 e. The average molecular weight is 262 g/mol. The van der Waals surface area contributed by atoms with E-state index >= 15 is 0 Å². The van der Waals surface area contributed by atoms with Crippen LogP contribution in [0.3, 0.4) is 0 Å². The predicted octanol–water partition coefficient (Wildman–Crippen LogP) is 1.16. The molecule has 0 amide bonds. The molecule has 0 fully saturated rings. The van der Waals surface area contributed by atoms with Crippen molar-refractivity contribution in [2.45, 2.75) is 6.04 Å². The SMILES string of the molecule is COc1c(C(N)CO)ccc(O)c1Br. The summed E-state index contributed by atoms with van der Waals surface area (Å²) in [7, 11) is 1.48. The summed E-state index contributed by atoms with van der Waals surface area (Å²) >= 11 is 3.18. The summed E-state index contributed by atoms with van der Waals surface area (Å²) in [5.74, 6) is 0.530. The van der Waals surface area contributed by atoms with Gasteiger partial charge in [-0.2, -0.15) is 0 Å². The summed E-state index contributed by atoms with van der Waals surface area (Å²) in [5, 5.41) is 18.3. The van der Waals surface area contributed by atoms with Crippen molar-refractivity contribution in [1.82, 2.24) is 0 Å². The Morgan fingerprint density at radius 2 is 2.21 bits per heavy atom. The largest absolute Gasteiger partial charge is 0.507 e.